The van der Waals surface area contributed by atoms with E-state index in [4.69, 9.17) is 9.47 Å². The highest BCUT2D eigenvalue weighted by Crippen LogP contribution is 2.22. The van der Waals surface area contributed by atoms with Crippen molar-refractivity contribution < 1.29 is 27.1 Å². The number of carbonyl (C=O) groups is 1. The van der Waals surface area contributed by atoms with E-state index in [9.17, 15) is 17.6 Å². The van der Waals surface area contributed by atoms with Gasteiger partial charge in [-0.05, 0) is 35.9 Å². The minimum atomic E-state index is -3.83. The molecule has 0 N–H and O–H groups in total. The molecule has 0 radical (unpaired) electrons. The first-order valence-corrected chi connectivity index (χ1v) is 10.5. The third kappa shape index (κ3) is 4.75. The summed E-state index contributed by atoms with van der Waals surface area (Å²) in [6.45, 7) is 1.29. The molecule has 3 rings (SSSR count). The molecule has 1 fully saturated rings. The lowest BCUT2D eigenvalue weighted by molar-refractivity contribution is 0.0730. The first-order chi connectivity index (χ1) is 13.8. The van der Waals surface area contributed by atoms with Crippen molar-refractivity contribution in [3.8, 4) is 5.75 Å². The summed E-state index contributed by atoms with van der Waals surface area (Å²) in [5.41, 5.74) is 0.550. The van der Waals surface area contributed by atoms with Gasteiger partial charge in [-0.3, -0.25) is 4.79 Å². The molecule has 1 aliphatic heterocycles. The predicted octanol–water partition coefficient (Wildman–Crippen LogP) is 2.13. The van der Waals surface area contributed by atoms with Gasteiger partial charge in [0.05, 0.1) is 30.8 Å². The maximum absolute atomic E-state index is 14.4. The van der Waals surface area contributed by atoms with E-state index in [2.05, 4.69) is 0 Å². The molecule has 0 bridgehead atoms. The van der Waals surface area contributed by atoms with Gasteiger partial charge in [-0.15, -0.1) is 0 Å². The Kier molecular flexibility index (Phi) is 6.51. The second-order valence-electron chi connectivity index (χ2n) is 6.67. The Morgan fingerprint density at radius 2 is 1.83 bits per heavy atom. The molecule has 0 saturated carbocycles. The number of hydrogen-bond acceptors (Lipinski definition) is 5. The van der Waals surface area contributed by atoms with E-state index in [0.717, 1.165) is 17.7 Å². The van der Waals surface area contributed by atoms with Crippen LogP contribution in [0.25, 0.3) is 0 Å². The average Bonchev–Trinajstić information content (AvgIpc) is 2.74. The third-order valence-electron chi connectivity index (χ3n) is 4.70. The molecule has 0 aliphatic carbocycles. The van der Waals surface area contributed by atoms with Crippen molar-refractivity contribution in [3.63, 3.8) is 0 Å². The largest absolute Gasteiger partial charge is 0.497 e. The number of hydrogen-bond donors (Lipinski definition) is 0. The number of halogens is 1. The zero-order chi connectivity index (χ0) is 21.0. The van der Waals surface area contributed by atoms with Crippen LogP contribution in [0.5, 0.6) is 5.75 Å². The van der Waals surface area contributed by atoms with E-state index in [1.165, 1.54) is 22.3 Å². The molecular formula is C20H23FN2O5S. The number of rotatable bonds is 6. The van der Waals surface area contributed by atoms with E-state index in [0.29, 0.717) is 19.0 Å². The molecule has 1 aliphatic rings. The van der Waals surface area contributed by atoms with E-state index in [1.807, 2.05) is 0 Å². The topological polar surface area (TPSA) is 76.2 Å². The van der Waals surface area contributed by atoms with Crippen molar-refractivity contribution in [3.05, 3.63) is 59.4 Å². The lowest BCUT2D eigenvalue weighted by Gasteiger charge is -2.26. The van der Waals surface area contributed by atoms with Crippen LogP contribution in [0.1, 0.15) is 15.9 Å². The smallest absolute Gasteiger partial charge is 0.256 e. The maximum atomic E-state index is 14.4. The lowest BCUT2D eigenvalue weighted by atomic mass is 10.1. The van der Waals surface area contributed by atoms with Crippen molar-refractivity contribution in [2.24, 2.45) is 0 Å². The number of ether oxygens (including phenoxy) is 2. The third-order valence-corrected chi connectivity index (χ3v) is 6.60. The summed E-state index contributed by atoms with van der Waals surface area (Å²) < 4.78 is 51.5. The molecule has 1 saturated heterocycles. The summed E-state index contributed by atoms with van der Waals surface area (Å²) >= 11 is 0. The molecule has 0 aromatic heterocycles. The van der Waals surface area contributed by atoms with Crippen LogP contribution in [0, 0.1) is 5.82 Å². The number of nitrogens with zero attached hydrogens (tertiary/aromatic N) is 2. The van der Waals surface area contributed by atoms with Crippen molar-refractivity contribution in [2.75, 3.05) is 40.5 Å². The first kappa shape index (κ1) is 21.2. The summed E-state index contributed by atoms with van der Waals surface area (Å²) in [5.74, 6) is -0.676. The number of benzene rings is 2. The fraction of sp³-hybridized carbons (Fsp3) is 0.350. The zero-order valence-corrected chi connectivity index (χ0v) is 17.1. The van der Waals surface area contributed by atoms with E-state index >= 15 is 0 Å². The van der Waals surface area contributed by atoms with Crippen LogP contribution in [0.15, 0.2) is 47.4 Å². The summed E-state index contributed by atoms with van der Waals surface area (Å²) in [6.07, 6.45) is 0. The molecule has 156 valence electrons. The van der Waals surface area contributed by atoms with Crippen LogP contribution >= 0.6 is 0 Å². The molecule has 0 spiro atoms. The summed E-state index contributed by atoms with van der Waals surface area (Å²) in [5, 5.41) is 0. The minimum Gasteiger partial charge on any atom is -0.497 e. The Balaban J connectivity index is 1.81. The average molecular weight is 422 g/mol. The van der Waals surface area contributed by atoms with Crippen LogP contribution in [0.3, 0.4) is 0 Å². The van der Waals surface area contributed by atoms with Gasteiger partial charge in [0.1, 0.15) is 11.6 Å². The molecule has 1 amide bonds. The lowest BCUT2D eigenvalue weighted by Crippen LogP contribution is -2.40. The Hall–Kier alpha value is -2.49. The van der Waals surface area contributed by atoms with Gasteiger partial charge in [0.15, 0.2) is 0 Å². The van der Waals surface area contributed by atoms with Gasteiger partial charge in [0, 0.05) is 26.7 Å². The van der Waals surface area contributed by atoms with Gasteiger partial charge in [-0.25, -0.2) is 12.8 Å². The fourth-order valence-corrected chi connectivity index (χ4v) is 4.48. The summed E-state index contributed by atoms with van der Waals surface area (Å²) in [6, 6.07) is 10.4. The molecule has 29 heavy (non-hydrogen) atoms. The van der Waals surface area contributed by atoms with Crippen molar-refractivity contribution in [1.82, 2.24) is 9.21 Å². The molecule has 9 heteroatoms. The minimum absolute atomic E-state index is 0.109. The highest BCUT2D eigenvalue weighted by Gasteiger charge is 2.28. The molecule has 0 atom stereocenters. The highest BCUT2D eigenvalue weighted by molar-refractivity contribution is 7.89. The van der Waals surface area contributed by atoms with Crippen LogP contribution in [-0.2, 0) is 21.3 Å². The van der Waals surface area contributed by atoms with Crippen molar-refractivity contribution in [2.45, 2.75) is 11.4 Å². The number of carbonyl (C=O) groups excluding carboxylic acids is 1. The number of amides is 1. The van der Waals surface area contributed by atoms with Crippen molar-refractivity contribution in [1.29, 1.82) is 0 Å². The molecule has 7 nitrogen and oxygen atoms in total. The second kappa shape index (κ2) is 8.89. The quantitative estimate of drug-likeness (QED) is 0.713. The molecule has 0 unspecified atom stereocenters. The fourth-order valence-electron chi connectivity index (χ4n) is 3.05. The Labute approximate surface area is 169 Å². The highest BCUT2D eigenvalue weighted by atomic mass is 32.2. The van der Waals surface area contributed by atoms with E-state index < -0.39 is 21.7 Å². The molecule has 2 aromatic rings. The summed E-state index contributed by atoms with van der Waals surface area (Å²) in [7, 11) is -0.727. The Bertz CT molecular complexity index is 973. The van der Waals surface area contributed by atoms with Crippen LogP contribution in [0.4, 0.5) is 4.39 Å². The number of sulfonamides is 1. The first-order valence-electron chi connectivity index (χ1n) is 9.09. The van der Waals surface area contributed by atoms with Gasteiger partial charge < -0.3 is 14.4 Å². The Morgan fingerprint density at radius 3 is 2.45 bits per heavy atom. The monoisotopic (exact) mass is 422 g/mol. The van der Waals surface area contributed by atoms with Crippen LogP contribution < -0.4 is 4.74 Å². The molecule has 1 heterocycles. The molecular weight excluding hydrogens is 399 g/mol. The number of morpholine rings is 1. The van der Waals surface area contributed by atoms with Crippen LogP contribution in [-0.4, -0.2) is 64.0 Å². The SMILES string of the molecule is COc1ccc(CN(C)C(=O)c2cc(S(=O)(=O)N3CCOCC3)ccc2F)cc1. The van der Waals surface area contributed by atoms with Gasteiger partial charge in [-0.1, -0.05) is 12.1 Å². The van der Waals surface area contributed by atoms with E-state index in [-0.39, 0.29) is 30.1 Å². The van der Waals surface area contributed by atoms with Gasteiger partial charge in [0.2, 0.25) is 10.0 Å². The standard InChI is InChI=1S/C20H23FN2O5S/c1-22(14-15-3-5-16(27-2)6-4-15)20(24)18-13-17(7-8-19(18)21)29(25,26)23-9-11-28-12-10-23/h3-8,13H,9-12,14H2,1-2H3. The second-order valence-corrected chi connectivity index (χ2v) is 8.61. The maximum Gasteiger partial charge on any atom is 0.256 e. The van der Waals surface area contributed by atoms with Crippen LogP contribution in [0.2, 0.25) is 0 Å². The molecule has 2 aromatic carbocycles. The zero-order valence-electron chi connectivity index (χ0n) is 16.3. The normalized spacial score (nSPS) is 15.1. The van der Waals surface area contributed by atoms with Gasteiger partial charge in [0.25, 0.3) is 5.91 Å². The summed E-state index contributed by atoms with van der Waals surface area (Å²) in [4.78, 5) is 14.0. The predicted molar refractivity (Wildman–Crippen MR) is 105 cm³/mol. The van der Waals surface area contributed by atoms with E-state index in [1.54, 1.807) is 31.4 Å². The van der Waals surface area contributed by atoms with Gasteiger partial charge in [-0.2, -0.15) is 4.31 Å². The van der Waals surface area contributed by atoms with Crippen molar-refractivity contribution >= 4 is 15.9 Å². The Morgan fingerprint density at radius 1 is 1.17 bits per heavy atom. The van der Waals surface area contributed by atoms with Gasteiger partial charge >= 0.3 is 0 Å². The number of methoxy groups -OCH3 is 1.